The number of nitrogens with zero attached hydrogens (tertiary/aromatic N) is 1. The quantitative estimate of drug-likeness (QED) is 0.413. The van der Waals surface area contributed by atoms with Gasteiger partial charge in [-0.3, -0.25) is 9.59 Å². The van der Waals surface area contributed by atoms with Gasteiger partial charge in [-0.1, -0.05) is 0 Å². The van der Waals surface area contributed by atoms with Gasteiger partial charge in [0, 0.05) is 65.7 Å². The van der Waals surface area contributed by atoms with Crippen LogP contribution in [0.15, 0.2) is 0 Å². The zero-order chi connectivity index (χ0) is 29.5. The van der Waals surface area contributed by atoms with E-state index in [0.29, 0.717) is 42.3 Å². The molecule has 6 fully saturated rings. The summed E-state index contributed by atoms with van der Waals surface area (Å²) in [6.45, 7) is 3.60. The summed E-state index contributed by atoms with van der Waals surface area (Å²) in [7, 11) is 6.98. The molecule has 10 heteroatoms. The number of rotatable bonds is 9. The number of carbonyl (C=O) groups is 2. The minimum absolute atomic E-state index is 0.0212. The number of piperidine rings is 2. The second-order valence-electron chi connectivity index (χ2n) is 13.9. The Morgan fingerprint density at radius 3 is 2.40 bits per heavy atom. The molecule has 0 aromatic rings. The molecule has 0 bridgehead atoms. The fourth-order valence-corrected chi connectivity index (χ4v) is 10.2. The maximum Gasteiger partial charge on any atom is 0.248 e. The van der Waals surface area contributed by atoms with Crippen molar-refractivity contribution in [2.45, 2.75) is 119 Å². The van der Waals surface area contributed by atoms with Gasteiger partial charge in [-0.15, -0.1) is 0 Å². The molecule has 3 aliphatic carbocycles. The van der Waals surface area contributed by atoms with E-state index in [1.54, 1.807) is 28.4 Å². The number of fused-ring (bicyclic) bond motifs is 5. The van der Waals surface area contributed by atoms with Crippen LogP contribution in [0, 0.1) is 29.6 Å². The van der Waals surface area contributed by atoms with Gasteiger partial charge in [0.05, 0.1) is 49.0 Å². The van der Waals surface area contributed by atoms with Crippen LogP contribution in [0.5, 0.6) is 0 Å². The molecule has 6 rings (SSSR count). The summed E-state index contributed by atoms with van der Waals surface area (Å²) < 4.78 is 29.5. The van der Waals surface area contributed by atoms with E-state index in [1.807, 2.05) is 6.92 Å². The van der Waals surface area contributed by atoms with Crippen LogP contribution >= 0.6 is 0 Å². The molecule has 238 valence electrons. The van der Waals surface area contributed by atoms with Crippen molar-refractivity contribution in [2.75, 3.05) is 41.5 Å². The summed E-state index contributed by atoms with van der Waals surface area (Å²) >= 11 is 0. The topological polar surface area (TPSA) is 112 Å². The van der Waals surface area contributed by atoms with Crippen molar-refractivity contribution in [1.82, 2.24) is 10.2 Å². The molecule has 3 heterocycles. The molecule has 3 aliphatic heterocycles. The van der Waals surface area contributed by atoms with E-state index in [4.69, 9.17) is 23.7 Å². The van der Waals surface area contributed by atoms with Crippen LogP contribution in [0.3, 0.4) is 0 Å². The number of carbonyl (C=O) groups excluding carboxylic acids is 2. The van der Waals surface area contributed by atoms with E-state index in [1.165, 1.54) is 0 Å². The highest BCUT2D eigenvalue weighted by atomic mass is 16.5. The minimum atomic E-state index is -0.503. The van der Waals surface area contributed by atoms with Crippen molar-refractivity contribution in [3.63, 3.8) is 0 Å². The first-order chi connectivity index (χ1) is 20.4. The Hall–Kier alpha value is -1.30. The number of ether oxygens (including phenoxy) is 5. The third-order valence-electron chi connectivity index (χ3n) is 12.2. The van der Waals surface area contributed by atoms with Gasteiger partial charge in [0.2, 0.25) is 11.8 Å². The van der Waals surface area contributed by atoms with Crippen LogP contribution < -0.4 is 10.6 Å². The van der Waals surface area contributed by atoms with Gasteiger partial charge in [0.1, 0.15) is 12.1 Å². The van der Waals surface area contributed by atoms with Gasteiger partial charge in [-0.2, -0.15) is 0 Å². The highest BCUT2D eigenvalue weighted by molar-refractivity contribution is 5.82. The molecule has 6 aliphatic rings. The highest BCUT2D eigenvalue weighted by Gasteiger charge is 2.66. The summed E-state index contributed by atoms with van der Waals surface area (Å²) in [5, 5.41) is 5.68. The number of quaternary nitrogens is 1. The van der Waals surface area contributed by atoms with Crippen LogP contribution in [0.4, 0.5) is 0 Å². The lowest BCUT2D eigenvalue weighted by atomic mass is 9.64. The fraction of sp³-hybridized carbons (Fsp3) is 0.938. The average Bonchev–Trinajstić information content (AvgIpc) is 3.36. The summed E-state index contributed by atoms with van der Waals surface area (Å²) in [5.41, 5.74) is 0. The van der Waals surface area contributed by atoms with Crippen molar-refractivity contribution < 1.29 is 38.6 Å². The molecule has 3 saturated heterocycles. The van der Waals surface area contributed by atoms with Crippen molar-refractivity contribution in [3.8, 4) is 0 Å². The Morgan fingerprint density at radius 1 is 0.881 bits per heavy atom. The molecule has 0 spiro atoms. The average molecular weight is 593 g/mol. The van der Waals surface area contributed by atoms with E-state index in [9.17, 15) is 9.59 Å². The van der Waals surface area contributed by atoms with E-state index < -0.39 is 6.10 Å². The molecule has 2 amide bonds. The highest BCUT2D eigenvalue weighted by Crippen LogP contribution is 2.53. The molecule has 0 aromatic heterocycles. The zero-order valence-electron chi connectivity index (χ0n) is 26.2. The molecule has 14 unspecified atom stereocenters. The summed E-state index contributed by atoms with van der Waals surface area (Å²) in [5.74, 6) is 1.71. The Labute approximate surface area is 251 Å². The standard InChI is InChI=1S/C32H53N3O7/c1-17(31(36)34-16-18-6-7-19(38-2)15-26(18)40-4)42-20-8-10-24-23(14-20)21-12-13-33-28-22-9-11-25(39-3)30(41-5)27(22)32(37)35(24)29(21)28/h17-30,33H,6-16H2,1-5H3,(H,34,36)/p+1. The Balaban J connectivity index is 1.08. The lowest BCUT2D eigenvalue weighted by molar-refractivity contribution is -0.713. The first-order valence-electron chi connectivity index (χ1n) is 16.6. The smallest absolute Gasteiger partial charge is 0.248 e. The molecule has 3 saturated carbocycles. The molecule has 3 N–H and O–H groups in total. The Kier molecular flexibility index (Phi) is 9.49. The van der Waals surface area contributed by atoms with Crippen molar-refractivity contribution in [3.05, 3.63) is 0 Å². The summed E-state index contributed by atoms with van der Waals surface area (Å²) in [6, 6.07) is 1.01. The van der Waals surface area contributed by atoms with E-state index >= 15 is 0 Å². The lowest BCUT2D eigenvalue weighted by Gasteiger charge is -2.53. The van der Waals surface area contributed by atoms with Gasteiger partial charge < -0.3 is 39.2 Å². The Bertz CT molecular complexity index is 968. The van der Waals surface area contributed by atoms with Crippen molar-refractivity contribution in [1.29, 1.82) is 0 Å². The van der Waals surface area contributed by atoms with Gasteiger partial charge in [0.25, 0.3) is 0 Å². The maximum atomic E-state index is 14.3. The number of nitrogens with one attached hydrogen (secondary N) is 1. The van der Waals surface area contributed by atoms with Gasteiger partial charge >= 0.3 is 0 Å². The monoisotopic (exact) mass is 592 g/mol. The molecule has 0 aromatic carbocycles. The predicted molar refractivity (Wildman–Crippen MR) is 155 cm³/mol. The SMILES string of the molecule is COC1CCC(CNC(=O)C(C)OC2CCC3C(C2)C2CC[NH2+]C4C5CCC(OC)C(OC)C5C(=O)N3C24)C(OC)C1. The molecule has 42 heavy (non-hydrogen) atoms. The van der Waals surface area contributed by atoms with E-state index in [0.717, 1.165) is 64.3 Å². The first kappa shape index (κ1) is 30.7. The van der Waals surface area contributed by atoms with Crippen LogP contribution in [0.1, 0.15) is 64.7 Å². The predicted octanol–water partition coefficient (Wildman–Crippen LogP) is 1.11. The van der Waals surface area contributed by atoms with Crippen LogP contribution in [0.2, 0.25) is 0 Å². The summed E-state index contributed by atoms with van der Waals surface area (Å²) in [6.07, 6.45) is 8.39. The molecular weight excluding hydrogens is 538 g/mol. The van der Waals surface area contributed by atoms with Crippen LogP contribution in [0.25, 0.3) is 0 Å². The summed E-state index contributed by atoms with van der Waals surface area (Å²) in [4.78, 5) is 29.7. The number of hydrogen-bond acceptors (Lipinski definition) is 7. The normalized spacial score (nSPS) is 45.5. The number of methoxy groups -OCH3 is 4. The molecular formula is C32H54N3O7+. The van der Waals surface area contributed by atoms with Crippen LogP contribution in [-0.2, 0) is 33.3 Å². The first-order valence-corrected chi connectivity index (χ1v) is 16.6. The maximum absolute atomic E-state index is 14.3. The van der Waals surface area contributed by atoms with Crippen molar-refractivity contribution in [2.24, 2.45) is 29.6 Å². The van der Waals surface area contributed by atoms with Gasteiger partial charge in [-0.05, 0) is 63.7 Å². The van der Waals surface area contributed by atoms with Gasteiger partial charge in [-0.25, -0.2) is 0 Å². The zero-order valence-corrected chi connectivity index (χ0v) is 26.2. The number of nitrogens with two attached hydrogens (primary N) is 1. The molecule has 14 atom stereocenters. The second kappa shape index (κ2) is 13.0. The van der Waals surface area contributed by atoms with E-state index in [2.05, 4.69) is 15.5 Å². The van der Waals surface area contributed by atoms with Gasteiger partial charge in [0.15, 0.2) is 0 Å². The number of amides is 2. The number of hydrogen-bond donors (Lipinski definition) is 2. The Morgan fingerprint density at radius 2 is 1.67 bits per heavy atom. The molecule has 0 radical (unpaired) electrons. The third kappa shape index (κ3) is 5.42. The fourth-order valence-electron chi connectivity index (χ4n) is 10.2. The third-order valence-corrected chi connectivity index (χ3v) is 12.2. The minimum Gasteiger partial charge on any atom is -0.381 e. The van der Waals surface area contributed by atoms with E-state index in [-0.39, 0.29) is 54.3 Å². The second-order valence-corrected chi connectivity index (χ2v) is 13.9. The lowest BCUT2D eigenvalue weighted by Crippen LogP contribution is -2.99. The molecule has 10 nitrogen and oxygen atoms in total. The largest absolute Gasteiger partial charge is 0.381 e. The van der Waals surface area contributed by atoms with Crippen molar-refractivity contribution >= 4 is 11.8 Å². The van der Waals surface area contributed by atoms with Crippen LogP contribution in [-0.4, -0.2) is 113 Å².